The first kappa shape index (κ1) is 17.7. The highest BCUT2D eigenvalue weighted by Crippen LogP contribution is 2.42. The average Bonchev–Trinajstić information content (AvgIpc) is 3.41. The lowest BCUT2D eigenvalue weighted by Crippen LogP contribution is -2.32. The van der Waals surface area contributed by atoms with E-state index in [1.54, 1.807) is 0 Å². The van der Waals surface area contributed by atoms with E-state index in [9.17, 15) is 4.39 Å². The Balaban J connectivity index is 1.48. The van der Waals surface area contributed by atoms with Crippen molar-refractivity contribution in [3.63, 3.8) is 0 Å². The number of halogens is 2. The molecule has 0 radical (unpaired) electrons. The molecule has 5 rings (SSSR count). The van der Waals surface area contributed by atoms with Gasteiger partial charge in [0.1, 0.15) is 5.15 Å². The number of anilines is 2. The molecule has 0 N–H and O–H groups in total. The minimum Gasteiger partial charge on any atom is -0.349 e. The number of nitrogens with zero attached hydrogens (tertiary/aromatic N) is 5. The maximum Gasteiger partial charge on any atom is 0.129 e. The molecule has 7 heteroatoms. The molecule has 1 fully saturated rings. The first-order chi connectivity index (χ1) is 13.7. The Morgan fingerprint density at radius 2 is 2.04 bits per heavy atom. The van der Waals surface area contributed by atoms with Crippen LogP contribution in [0.4, 0.5) is 15.8 Å². The summed E-state index contributed by atoms with van der Waals surface area (Å²) in [6.45, 7) is 2.16. The fourth-order valence-corrected chi connectivity index (χ4v) is 4.31. The van der Waals surface area contributed by atoms with Crippen LogP contribution in [0.1, 0.15) is 31.4 Å². The van der Waals surface area contributed by atoms with Gasteiger partial charge in [-0.2, -0.15) is 0 Å². The number of aryl methyl sites for hydroxylation is 1. The van der Waals surface area contributed by atoms with Crippen LogP contribution in [0.15, 0.2) is 36.7 Å². The van der Waals surface area contributed by atoms with Gasteiger partial charge in [0.2, 0.25) is 0 Å². The second kappa shape index (κ2) is 7.24. The van der Waals surface area contributed by atoms with Crippen LogP contribution in [-0.4, -0.2) is 33.9 Å². The summed E-state index contributed by atoms with van der Waals surface area (Å²) in [4.78, 5) is 13.7. The van der Waals surface area contributed by atoms with Gasteiger partial charge in [-0.1, -0.05) is 11.6 Å². The normalized spacial score (nSPS) is 16.2. The van der Waals surface area contributed by atoms with Crippen LogP contribution in [0.3, 0.4) is 0 Å². The Bertz CT molecular complexity index is 1000. The van der Waals surface area contributed by atoms with E-state index in [-0.39, 0.29) is 6.67 Å². The van der Waals surface area contributed by atoms with Gasteiger partial charge in [0, 0.05) is 24.5 Å². The molecule has 0 spiro atoms. The Hall–Kier alpha value is -2.34. The fraction of sp³-hybridized carbons (Fsp3) is 0.429. The number of alkyl halides is 1. The molecule has 3 aromatic rings. The molecule has 1 aliphatic heterocycles. The standard InChI is InChI=1S/C21H23ClFN5/c22-21-6-5-18-17(25-21)11-16(27(18)10-2-1-8-23)13-26-14-28(15-3-4-15)19-7-9-24-12-20(19)26/h5-7,9,11-12,15H,1-4,8,10,13-14H2. The third-order valence-corrected chi connectivity index (χ3v) is 5.88. The second-order valence-corrected chi connectivity index (χ2v) is 8.01. The van der Waals surface area contributed by atoms with Gasteiger partial charge in [0.15, 0.2) is 0 Å². The average molecular weight is 400 g/mol. The lowest BCUT2D eigenvalue weighted by atomic mass is 10.3. The third kappa shape index (κ3) is 3.20. The summed E-state index contributed by atoms with van der Waals surface area (Å²) in [6, 6.07) is 8.73. The smallest absolute Gasteiger partial charge is 0.129 e. The second-order valence-electron chi connectivity index (χ2n) is 7.63. The zero-order chi connectivity index (χ0) is 19.1. The largest absolute Gasteiger partial charge is 0.349 e. The first-order valence-electron chi connectivity index (χ1n) is 9.91. The summed E-state index contributed by atoms with van der Waals surface area (Å²) in [7, 11) is 0. The zero-order valence-corrected chi connectivity index (χ0v) is 16.4. The molecule has 0 amide bonds. The van der Waals surface area contributed by atoms with Gasteiger partial charge in [0.25, 0.3) is 0 Å². The lowest BCUT2D eigenvalue weighted by molar-refractivity contribution is 0.447. The molecule has 28 heavy (non-hydrogen) atoms. The van der Waals surface area contributed by atoms with Crippen LogP contribution in [0.5, 0.6) is 0 Å². The molecule has 0 bridgehead atoms. The Morgan fingerprint density at radius 1 is 1.14 bits per heavy atom. The maximum absolute atomic E-state index is 12.6. The number of unbranched alkanes of at least 4 members (excludes halogenated alkanes) is 1. The summed E-state index contributed by atoms with van der Waals surface area (Å²) in [5, 5.41) is 0.496. The van der Waals surface area contributed by atoms with E-state index in [0.717, 1.165) is 37.2 Å². The Labute approximate surface area is 168 Å². The number of hydrogen-bond donors (Lipinski definition) is 0. The van der Waals surface area contributed by atoms with E-state index in [2.05, 4.69) is 36.5 Å². The zero-order valence-electron chi connectivity index (χ0n) is 15.7. The first-order valence-corrected chi connectivity index (χ1v) is 10.3. The van der Waals surface area contributed by atoms with Gasteiger partial charge in [-0.3, -0.25) is 9.37 Å². The molecule has 146 valence electrons. The van der Waals surface area contributed by atoms with Crippen molar-refractivity contribution >= 4 is 34.0 Å². The molecular formula is C21H23ClFN5. The van der Waals surface area contributed by atoms with Crippen molar-refractivity contribution in [2.75, 3.05) is 23.1 Å². The Morgan fingerprint density at radius 3 is 2.86 bits per heavy atom. The SMILES string of the molecule is FCCCCn1c(CN2CN(C3CC3)c3ccncc32)cc2nc(Cl)ccc21. The molecule has 2 aliphatic rings. The highest BCUT2D eigenvalue weighted by Gasteiger charge is 2.36. The van der Waals surface area contributed by atoms with Crippen LogP contribution >= 0.6 is 11.6 Å². The predicted octanol–water partition coefficient (Wildman–Crippen LogP) is 4.78. The number of pyridine rings is 2. The number of fused-ring (bicyclic) bond motifs is 2. The van der Waals surface area contributed by atoms with Crippen molar-refractivity contribution < 1.29 is 4.39 Å². The van der Waals surface area contributed by atoms with Crippen LogP contribution < -0.4 is 9.80 Å². The van der Waals surface area contributed by atoms with E-state index in [1.807, 2.05) is 24.5 Å². The highest BCUT2D eigenvalue weighted by atomic mass is 35.5. The van der Waals surface area contributed by atoms with Gasteiger partial charge >= 0.3 is 0 Å². The summed E-state index contributed by atoms with van der Waals surface area (Å²) >= 11 is 6.11. The fourth-order valence-electron chi connectivity index (χ4n) is 4.16. The van der Waals surface area contributed by atoms with E-state index >= 15 is 0 Å². The minimum absolute atomic E-state index is 0.278. The molecule has 5 nitrogen and oxygen atoms in total. The number of aromatic nitrogens is 3. The summed E-state index contributed by atoms with van der Waals surface area (Å²) < 4.78 is 14.9. The highest BCUT2D eigenvalue weighted by molar-refractivity contribution is 6.29. The van der Waals surface area contributed by atoms with Crippen molar-refractivity contribution in [2.24, 2.45) is 0 Å². The molecule has 0 aromatic carbocycles. The summed E-state index contributed by atoms with van der Waals surface area (Å²) in [5.41, 5.74) is 5.59. The molecule has 1 saturated carbocycles. The van der Waals surface area contributed by atoms with Crippen molar-refractivity contribution in [2.45, 2.75) is 44.8 Å². The van der Waals surface area contributed by atoms with Gasteiger partial charge in [-0.05, 0) is 49.9 Å². The predicted molar refractivity (Wildman–Crippen MR) is 111 cm³/mol. The van der Waals surface area contributed by atoms with Crippen molar-refractivity contribution in [3.05, 3.63) is 47.5 Å². The molecule has 1 aliphatic carbocycles. The molecule has 0 saturated heterocycles. The van der Waals surface area contributed by atoms with Crippen molar-refractivity contribution in [3.8, 4) is 0 Å². The summed E-state index contributed by atoms with van der Waals surface area (Å²) in [6.07, 6.45) is 7.75. The quantitative estimate of drug-likeness (QED) is 0.423. The van der Waals surface area contributed by atoms with Crippen molar-refractivity contribution in [1.82, 2.24) is 14.5 Å². The molecule has 4 heterocycles. The minimum atomic E-state index is -0.278. The third-order valence-electron chi connectivity index (χ3n) is 5.67. The van der Waals surface area contributed by atoms with Crippen LogP contribution in [0.25, 0.3) is 11.0 Å². The van der Waals surface area contributed by atoms with E-state index in [4.69, 9.17) is 11.6 Å². The van der Waals surface area contributed by atoms with Crippen LogP contribution in [0, 0.1) is 0 Å². The topological polar surface area (TPSA) is 37.2 Å². The van der Waals surface area contributed by atoms with E-state index in [0.29, 0.717) is 17.6 Å². The molecule has 0 unspecified atom stereocenters. The van der Waals surface area contributed by atoms with E-state index in [1.165, 1.54) is 29.9 Å². The molecular weight excluding hydrogens is 377 g/mol. The van der Waals surface area contributed by atoms with E-state index < -0.39 is 0 Å². The van der Waals surface area contributed by atoms with Crippen LogP contribution in [0.2, 0.25) is 5.15 Å². The van der Waals surface area contributed by atoms with Gasteiger partial charge in [-0.25, -0.2) is 4.98 Å². The van der Waals surface area contributed by atoms with Crippen LogP contribution in [-0.2, 0) is 13.1 Å². The number of hydrogen-bond acceptors (Lipinski definition) is 4. The van der Waals surface area contributed by atoms with Gasteiger partial charge < -0.3 is 14.4 Å². The summed E-state index contributed by atoms with van der Waals surface area (Å²) in [5.74, 6) is 0. The maximum atomic E-state index is 12.6. The molecule has 0 atom stereocenters. The number of rotatable bonds is 7. The van der Waals surface area contributed by atoms with Crippen molar-refractivity contribution in [1.29, 1.82) is 0 Å². The van der Waals surface area contributed by atoms with Gasteiger partial charge in [0.05, 0.1) is 48.5 Å². The lowest BCUT2D eigenvalue weighted by Gasteiger charge is -2.22. The monoisotopic (exact) mass is 399 g/mol. The Kier molecular flexibility index (Phi) is 4.59. The van der Waals surface area contributed by atoms with Gasteiger partial charge in [-0.15, -0.1) is 0 Å². The molecule has 3 aromatic heterocycles.